The molecule has 1 aromatic heterocycles. The van der Waals surface area contributed by atoms with Crippen LogP contribution in [0.3, 0.4) is 0 Å². The number of benzene rings is 1. The zero-order valence-corrected chi connectivity index (χ0v) is 12.0. The highest BCUT2D eigenvalue weighted by Crippen LogP contribution is 2.32. The molecular weight excluding hydrogens is 250 g/mol. The lowest BCUT2D eigenvalue weighted by molar-refractivity contribution is 0.397. The van der Waals surface area contributed by atoms with Gasteiger partial charge in [0.15, 0.2) is 0 Å². The van der Waals surface area contributed by atoms with Gasteiger partial charge in [-0.2, -0.15) is 5.10 Å². The number of phenolic OH excluding ortho intramolecular Hbond substituents is 1. The van der Waals surface area contributed by atoms with Gasteiger partial charge in [0.2, 0.25) is 0 Å². The molecule has 3 rings (SSSR count). The molecule has 2 aromatic rings. The molecule has 0 spiro atoms. The Hall–Kier alpha value is -1.81. The smallest absolute Gasteiger partial charge is 0.120 e. The molecule has 4 nitrogen and oxygen atoms in total. The van der Waals surface area contributed by atoms with Gasteiger partial charge in [0.25, 0.3) is 0 Å². The Morgan fingerprint density at radius 2 is 2.20 bits per heavy atom. The average Bonchev–Trinajstić information content (AvgIpc) is 2.82. The molecule has 4 heteroatoms. The van der Waals surface area contributed by atoms with Crippen molar-refractivity contribution in [3.05, 3.63) is 47.3 Å². The largest absolute Gasteiger partial charge is 0.508 e. The number of rotatable bonds is 3. The molecule has 0 bridgehead atoms. The van der Waals surface area contributed by atoms with Crippen LogP contribution in [-0.2, 0) is 13.5 Å². The van der Waals surface area contributed by atoms with Gasteiger partial charge < -0.3 is 10.4 Å². The molecule has 0 radical (unpaired) electrons. The fourth-order valence-corrected chi connectivity index (χ4v) is 3.12. The van der Waals surface area contributed by atoms with Crippen LogP contribution in [0.1, 0.15) is 48.7 Å². The second-order valence-electron chi connectivity index (χ2n) is 5.56. The summed E-state index contributed by atoms with van der Waals surface area (Å²) in [7, 11) is 2.01. The summed E-state index contributed by atoms with van der Waals surface area (Å²) >= 11 is 0. The number of hydrogen-bond acceptors (Lipinski definition) is 3. The molecule has 2 unspecified atom stereocenters. The number of aryl methyl sites for hydroxylation is 1. The van der Waals surface area contributed by atoms with Crippen molar-refractivity contribution < 1.29 is 5.11 Å². The number of hydrogen-bond donors (Lipinski definition) is 2. The van der Waals surface area contributed by atoms with Crippen molar-refractivity contribution in [1.82, 2.24) is 15.1 Å². The number of aromatic hydroxyl groups is 1. The molecule has 0 saturated carbocycles. The zero-order valence-electron chi connectivity index (χ0n) is 12.0. The summed E-state index contributed by atoms with van der Waals surface area (Å²) in [5.41, 5.74) is 3.59. The Morgan fingerprint density at radius 1 is 1.40 bits per heavy atom. The van der Waals surface area contributed by atoms with E-state index in [9.17, 15) is 5.11 Å². The van der Waals surface area contributed by atoms with Gasteiger partial charge in [0, 0.05) is 36.0 Å². The first-order chi connectivity index (χ1) is 9.66. The number of fused-ring (bicyclic) bond motifs is 1. The fourth-order valence-electron chi connectivity index (χ4n) is 3.12. The maximum absolute atomic E-state index is 9.95. The first-order valence-electron chi connectivity index (χ1n) is 7.21. The van der Waals surface area contributed by atoms with Crippen LogP contribution in [0, 0.1) is 0 Å². The molecule has 106 valence electrons. The molecule has 0 amide bonds. The molecule has 0 aliphatic heterocycles. The summed E-state index contributed by atoms with van der Waals surface area (Å²) in [6.07, 6.45) is 5.38. The maximum atomic E-state index is 9.95. The lowest BCUT2D eigenvalue weighted by Gasteiger charge is -2.27. The van der Waals surface area contributed by atoms with Gasteiger partial charge in [-0.3, -0.25) is 4.68 Å². The van der Waals surface area contributed by atoms with Crippen molar-refractivity contribution in [2.75, 3.05) is 0 Å². The number of para-hydroxylation sites is 1. The van der Waals surface area contributed by atoms with E-state index >= 15 is 0 Å². The van der Waals surface area contributed by atoms with E-state index < -0.39 is 0 Å². The monoisotopic (exact) mass is 271 g/mol. The van der Waals surface area contributed by atoms with Crippen LogP contribution in [-0.4, -0.2) is 14.9 Å². The van der Waals surface area contributed by atoms with E-state index in [1.54, 1.807) is 6.07 Å². The van der Waals surface area contributed by atoms with Gasteiger partial charge in [0.05, 0.1) is 6.20 Å². The van der Waals surface area contributed by atoms with E-state index in [4.69, 9.17) is 0 Å². The van der Waals surface area contributed by atoms with Crippen LogP contribution in [0.5, 0.6) is 5.75 Å². The van der Waals surface area contributed by atoms with Gasteiger partial charge in [0.1, 0.15) is 5.75 Å². The molecule has 2 N–H and O–H groups in total. The number of aromatic nitrogens is 2. The third kappa shape index (κ3) is 2.31. The summed E-state index contributed by atoms with van der Waals surface area (Å²) in [6.45, 7) is 2.10. The van der Waals surface area contributed by atoms with Crippen LogP contribution < -0.4 is 5.32 Å². The van der Waals surface area contributed by atoms with Crippen LogP contribution >= 0.6 is 0 Å². The Morgan fingerprint density at radius 3 is 3.00 bits per heavy atom. The molecule has 2 atom stereocenters. The fraction of sp³-hybridized carbons (Fsp3) is 0.438. The molecule has 1 aliphatic rings. The Bertz CT molecular complexity index is 606. The summed E-state index contributed by atoms with van der Waals surface area (Å²) in [4.78, 5) is 0. The molecule has 1 aromatic carbocycles. The quantitative estimate of drug-likeness (QED) is 0.902. The van der Waals surface area contributed by atoms with Gasteiger partial charge in [-0.05, 0) is 32.3 Å². The van der Waals surface area contributed by atoms with E-state index in [0.717, 1.165) is 18.4 Å². The van der Waals surface area contributed by atoms with Crippen molar-refractivity contribution in [2.45, 2.75) is 38.3 Å². The molecule has 0 saturated heterocycles. The van der Waals surface area contributed by atoms with Crippen molar-refractivity contribution in [1.29, 1.82) is 0 Å². The van der Waals surface area contributed by atoms with Crippen molar-refractivity contribution in [3.63, 3.8) is 0 Å². The van der Waals surface area contributed by atoms with E-state index in [1.165, 1.54) is 17.7 Å². The number of nitrogens with zero attached hydrogens (tertiary/aromatic N) is 2. The van der Waals surface area contributed by atoms with Gasteiger partial charge >= 0.3 is 0 Å². The highest BCUT2D eigenvalue weighted by molar-refractivity contribution is 5.35. The van der Waals surface area contributed by atoms with Crippen molar-refractivity contribution in [2.24, 2.45) is 7.05 Å². The number of phenols is 1. The van der Waals surface area contributed by atoms with Crippen LogP contribution in [0.15, 0.2) is 30.5 Å². The molecule has 20 heavy (non-hydrogen) atoms. The van der Waals surface area contributed by atoms with Crippen LogP contribution in [0.4, 0.5) is 0 Å². The normalized spacial score (nSPS) is 19.6. The Balaban J connectivity index is 1.81. The van der Waals surface area contributed by atoms with Gasteiger partial charge in [-0.15, -0.1) is 0 Å². The van der Waals surface area contributed by atoms with E-state index in [-0.39, 0.29) is 6.04 Å². The third-order valence-electron chi connectivity index (χ3n) is 4.23. The van der Waals surface area contributed by atoms with E-state index in [0.29, 0.717) is 11.8 Å². The lowest BCUT2D eigenvalue weighted by Crippen LogP contribution is -2.27. The first kappa shape index (κ1) is 13.2. The molecule has 0 fully saturated rings. The standard InChI is InChI=1S/C16H21N3O/c1-11(12-6-3-4-9-16(12)20)18-14-7-5-8-15-13(14)10-17-19(15)2/h3-4,6,9-11,14,18,20H,5,7-8H2,1-2H3. The molecular formula is C16H21N3O. The zero-order chi connectivity index (χ0) is 14.1. The van der Waals surface area contributed by atoms with Crippen molar-refractivity contribution in [3.8, 4) is 5.75 Å². The minimum Gasteiger partial charge on any atom is -0.508 e. The summed E-state index contributed by atoms with van der Waals surface area (Å²) in [6, 6.07) is 7.97. The second kappa shape index (κ2) is 5.29. The van der Waals surface area contributed by atoms with Gasteiger partial charge in [-0.25, -0.2) is 0 Å². The lowest BCUT2D eigenvalue weighted by atomic mass is 9.92. The highest BCUT2D eigenvalue weighted by Gasteiger charge is 2.25. The van der Waals surface area contributed by atoms with E-state index in [2.05, 4.69) is 17.3 Å². The maximum Gasteiger partial charge on any atom is 0.120 e. The van der Waals surface area contributed by atoms with Crippen molar-refractivity contribution >= 4 is 0 Å². The second-order valence-corrected chi connectivity index (χ2v) is 5.56. The minimum absolute atomic E-state index is 0.118. The summed E-state index contributed by atoms with van der Waals surface area (Å²) < 4.78 is 1.98. The number of nitrogens with one attached hydrogen (secondary N) is 1. The SMILES string of the molecule is CC(NC1CCCc2c1cnn2C)c1ccccc1O. The Labute approximate surface area is 119 Å². The van der Waals surface area contributed by atoms with Gasteiger partial charge in [-0.1, -0.05) is 18.2 Å². The average molecular weight is 271 g/mol. The predicted octanol–water partition coefficient (Wildman–Crippen LogP) is 2.85. The predicted molar refractivity (Wildman–Crippen MR) is 78.5 cm³/mol. The van der Waals surface area contributed by atoms with E-state index in [1.807, 2.05) is 36.1 Å². The van der Waals surface area contributed by atoms with Crippen LogP contribution in [0.2, 0.25) is 0 Å². The molecule has 1 heterocycles. The molecule has 1 aliphatic carbocycles. The van der Waals surface area contributed by atoms with Crippen LogP contribution in [0.25, 0.3) is 0 Å². The minimum atomic E-state index is 0.118. The summed E-state index contributed by atoms with van der Waals surface area (Å²) in [5.74, 6) is 0.356. The first-order valence-corrected chi connectivity index (χ1v) is 7.21. The summed E-state index contributed by atoms with van der Waals surface area (Å²) in [5, 5.41) is 18.0. The topological polar surface area (TPSA) is 50.1 Å². The highest BCUT2D eigenvalue weighted by atomic mass is 16.3. The Kier molecular flexibility index (Phi) is 3.49. The third-order valence-corrected chi connectivity index (χ3v) is 4.23.